The zero-order chi connectivity index (χ0) is 15.6. The van der Waals surface area contributed by atoms with Gasteiger partial charge in [0.2, 0.25) is 0 Å². The van der Waals surface area contributed by atoms with Crippen molar-refractivity contribution >= 4 is 18.1 Å². The Morgan fingerprint density at radius 3 is 1.15 bits per heavy atom. The lowest BCUT2D eigenvalue weighted by Crippen LogP contribution is -2.09. The van der Waals surface area contributed by atoms with Gasteiger partial charge in [0.1, 0.15) is 18.1 Å². The van der Waals surface area contributed by atoms with Crippen molar-refractivity contribution in [3.63, 3.8) is 0 Å². The minimum Gasteiger partial charge on any atom is -0.394 e. The summed E-state index contributed by atoms with van der Waals surface area (Å²) in [6, 6.07) is 0. The van der Waals surface area contributed by atoms with Crippen LogP contribution in [0.1, 0.15) is 25.7 Å². The van der Waals surface area contributed by atoms with E-state index in [0.29, 0.717) is 0 Å². The van der Waals surface area contributed by atoms with Crippen molar-refractivity contribution in [2.75, 3.05) is 26.4 Å². The molecule has 8 nitrogen and oxygen atoms in total. The van der Waals surface area contributed by atoms with E-state index in [1.807, 2.05) is 0 Å². The van der Waals surface area contributed by atoms with Gasteiger partial charge in [0.15, 0.2) is 0 Å². The summed E-state index contributed by atoms with van der Waals surface area (Å²) in [6.07, 6.45) is 4.61. The summed E-state index contributed by atoms with van der Waals surface area (Å²) in [6.45, 7) is 2.07. The summed E-state index contributed by atoms with van der Waals surface area (Å²) in [5, 5.41) is 16.9. The van der Waals surface area contributed by atoms with E-state index in [4.69, 9.17) is 39.3 Å². The van der Waals surface area contributed by atoms with Crippen molar-refractivity contribution in [3.8, 4) is 0 Å². The summed E-state index contributed by atoms with van der Waals surface area (Å²) in [5.74, 6) is 0. The second-order valence-electron chi connectivity index (χ2n) is 3.84. The molecule has 0 aliphatic carbocycles. The first-order valence-electron chi connectivity index (χ1n) is 6.21. The van der Waals surface area contributed by atoms with Crippen molar-refractivity contribution in [1.82, 2.24) is 0 Å². The molecular formula is C10H26O8P2. The Bertz CT molecular complexity index is 147. The fourth-order valence-corrected chi connectivity index (χ4v) is 1.58. The van der Waals surface area contributed by atoms with E-state index >= 15 is 0 Å². The fraction of sp³-hybridized carbons (Fsp3) is 1.00. The van der Waals surface area contributed by atoms with Gasteiger partial charge < -0.3 is 39.3 Å². The average molecular weight is 336 g/mol. The third kappa shape index (κ3) is 16.6. The molecule has 2 rings (SSSR count). The quantitative estimate of drug-likeness (QED) is 0.363. The van der Waals surface area contributed by atoms with Crippen LogP contribution in [0, 0.1) is 0 Å². The molecule has 6 N–H and O–H groups in total. The third-order valence-corrected chi connectivity index (χ3v) is 2.46. The van der Waals surface area contributed by atoms with Gasteiger partial charge in [-0.2, -0.15) is 0 Å². The van der Waals surface area contributed by atoms with Crippen LogP contribution in [0.15, 0.2) is 0 Å². The predicted molar refractivity (Wildman–Crippen MR) is 77.6 cm³/mol. The van der Waals surface area contributed by atoms with Crippen LogP contribution in [0.25, 0.3) is 0 Å². The van der Waals surface area contributed by atoms with Crippen LogP contribution in [-0.2, 0) is 9.47 Å². The van der Waals surface area contributed by atoms with E-state index in [1.54, 1.807) is 0 Å². The predicted octanol–water partition coefficient (Wildman–Crippen LogP) is -0.726. The van der Waals surface area contributed by atoms with Crippen molar-refractivity contribution in [2.45, 2.75) is 37.9 Å². The Kier molecular flexibility index (Phi) is 22.3. The first-order valence-corrected chi connectivity index (χ1v) is 8.00. The second kappa shape index (κ2) is 19.5. The van der Waals surface area contributed by atoms with Gasteiger partial charge in [-0.25, -0.2) is 0 Å². The highest BCUT2D eigenvalue weighted by Crippen LogP contribution is 2.10. The highest BCUT2D eigenvalue weighted by Gasteiger charge is 2.13. The number of hydrogen-bond acceptors (Lipinski definition) is 8. The molecule has 2 saturated heterocycles. The molecule has 2 fully saturated rings. The number of aliphatic hydroxyl groups is 2. The monoisotopic (exact) mass is 336 g/mol. The number of hydrogen-bond donors (Lipinski definition) is 6. The van der Waals surface area contributed by atoms with Crippen LogP contribution in [-0.4, -0.2) is 68.4 Å². The molecule has 2 heterocycles. The molecule has 20 heavy (non-hydrogen) atoms. The summed E-state index contributed by atoms with van der Waals surface area (Å²) < 4.78 is 10.1. The zero-order valence-corrected chi connectivity index (χ0v) is 13.3. The minimum absolute atomic E-state index is 0.153. The van der Waals surface area contributed by atoms with Gasteiger partial charge in [-0.05, 0) is 25.7 Å². The van der Waals surface area contributed by atoms with Crippen LogP contribution < -0.4 is 0 Å². The van der Waals surface area contributed by atoms with Gasteiger partial charge in [-0.15, -0.1) is 0 Å². The number of aliphatic hydroxyl groups excluding tert-OH is 2. The number of ether oxygens (including phenoxy) is 2. The second-order valence-corrected chi connectivity index (χ2v) is 4.24. The maximum Gasteiger partial charge on any atom is 0.149 e. The number of rotatable bonds is 2. The summed E-state index contributed by atoms with van der Waals surface area (Å²) in [7, 11) is -1.83. The van der Waals surface area contributed by atoms with Gasteiger partial charge >= 0.3 is 0 Å². The lowest BCUT2D eigenvalue weighted by molar-refractivity contribution is 0.0591. The van der Waals surface area contributed by atoms with Crippen molar-refractivity contribution < 1.29 is 39.3 Å². The van der Waals surface area contributed by atoms with Crippen LogP contribution in [0.3, 0.4) is 0 Å². The van der Waals surface area contributed by atoms with Crippen LogP contribution in [0.2, 0.25) is 0 Å². The Morgan fingerprint density at radius 2 is 1.05 bits per heavy atom. The topological polar surface area (TPSA) is 140 Å². The Morgan fingerprint density at radius 1 is 0.750 bits per heavy atom. The molecule has 124 valence electrons. The lowest BCUT2D eigenvalue weighted by atomic mass is 10.2. The third-order valence-electron chi connectivity index (χ3n) is 2.46. The molecule has 2 aliphatic heterocycles. The van der Waals surface area contributed by atoms with E-state index in [-0.39, 0.29) is 25.4 Å². The standard InChI is InChI=1S/2C5H10O2.2H3O2P/c2*6-4-5-2-1-3-7-5;2*1-3-2/h2*5-6H,1-4H2;2*1-3H/t2*5-;;/m00../s1. The molecule has 0 saturated carbocycles. The first kappa shape index (κ1) is 22.8. The van der Waals surface area contributed by atoms with Crippen molar-refractivity contribution in [1.29, 1.82) is 0 Å². The van der Waals surface area contributed by atoms with E-state index in [1.165, 1.54) is 0 Å². The van der Waals surface area contributed by atoms with E-state index in [0.717, 1.165) is 38.9 Å². The fourth-order valence-electron chi connectivity index (χ4n) is 1.58. The summed E-state index contributed by atoms with van der Waals surface area (Å²) >= 11 is 0. The molecule has 0 unspecified atom stereocenters. The molecule has 0 aromatic rings. The molecule has 10 heteroatoms. The van der Waals surface area contributed by atoms with Crippen LogP contribution >= 0.6 is 18.1 Å². The lowest BCUT2D eigenvalue weighted by Gasteiger charge is -2.00. The maximum absolute atomic E-state index is 8.44. The van der Waals surface area contributed by atoms with E-state index in [2.05, 4.69) is 0 Å². The van der Waals surface area contributed by atoms with E-state index < -0.39 is 18.1 Å². The van der Waals surface area contributed by atoms with Gasteiger partial charge in [0.05, 0.1) is 25.4 Å². The van der Waals surface area contributed by atoms with Gasteiger partial charge in [-0.1, -0.05) is 0 Å². The maximum atomic E-state index is 8.44. The first-order chi connectivity index (χ1) is 9.69. The van der Waals surface area contributed by atoms with Gasteiger partial charge in [-0.3, -0.25) is 0 Å². The molecule has 0 radical (unpaired) electrons. The van der Waals surface area contributed by atoms with Crippen molar-refractivity contribution in [2.24, 2.45) is 0 Å². The molecule has 0 aromatic heterocycles. The molecule has 0 amide bonds. The SMILES string of the molecule is OC[C@@H]1CCCO1.OC[C@@H]1CCCO1.OPO.OPO. The zero-order valence-electron chi connectivity index (χ0n) is 11.3. The smallest absolute Gasteiger partial charge is 0.149 e. The van der Waals surface area contributed by atoms with Crippen LogP contribution in [0.4, 0.5) is 0 Å². The molecule has 2 aliphatic rings. The largest absolute Gasteiger partial charge is 0.394 e. The normalized spacial score (nSPS) is 23.7. The van der Waals surface area contributed by atoms with E-state index in [9.17, 15) is 0 Å². The Balaban J connectivity index is 0. The van der Waals surface area contributed by atoms with Gasteiger partial charge in [0.25, 0.3) is 0 Å². The van der Waals surface area contributed by atoms with Gasteiger partial charge in [0, 0.05) is 13.2 Å². The van der Waals surface area contributed by atoms with Crippen molar-refractivity contribution in [3.05, 3.63) is 0 Å². The average Bonchev–Trinajstić information content (AvgIpc) is 3.14. The highest BCUT2D eigenvalue weighted by atomic mass is 31.1. The minimum atomic E-state index is -0.917. The summed E-state index contributed by atoms with van der Waals surface area (Å²) in [4.78, 5) is 28.6. The molecule has 0 bridgehead atoms. The van der Waals surface area contributed by atoms with Crippen LogP contribution in [0.5, 0.6) is 0 Å². The Hall–Kier alpha value is 0.540. The highest BCUT2D eigenvalue weighted by molar-refractivity contribution is 7.23. The Labute approximate surface area is 122 Å². The molecule has 0 aromatic carbocycles. The molecule has 0 spiro atoms. The molecule has 2 atom stereocenters. The molecular weight excluding hydrogens is 310 g/mol. The summed E-state index contributed by atoms with van der Waals surface area (Å²) in [5.41, 5.74) is 0.